The van der Waals surface area contributed by atoms with Crippen LogP contribution in [0.3, 0.4) is 0 Å². The summed E-state index contributed by atoms with van der Waals surface area (Å²) in [6.45, 7) is 0. The second-order valence-corrected chi connectivity index (χ2v) is 17.0. The SMILES string of the molecule is N#Cc1ccc2cc(-c3ccc4c(c3)C3(c5ccccc5Sc5ccccc53)c3cc(-c5ccc(-c6nc(-c7ccccc7)nc(-c7ccccc7)n6)cc5)ccc3-4)ccc2c1. The number of nitriles is 1. The maximum atomic E-state index is 9.51. The molecule has 0 atom stereocenters. The number of hydrogen-bond donors (Lipinski definition) is 0. The largest absolute Gasteiger partial charge is 0.208 e. The van der Waals surface area contributed by atoms with Crippen LogP contribution < -0.4 is 0 Å². The molecule has 1 aliphatic carbocycles. The first-order chi connectivity index (χ1) is 30.6. The lowest BCUT2D eigenvalue weighted by atomic mass is 9.67. The molecule has 9 aromatic carbocycles. The molecular weight excluding hydrogens is 773 g/mol. The Morgan fingerprint density at radius 2 is 0.774 bits per heavy atom. The molecule has 0 radical (unpaired) electrons. The van der Waals surface area contributed by atoms with Gasteiger partial charge in [-0.25, -0.2) is 15.0 Å². The van der Waals surface area contributed by atoms with Gasteiger partial charge in [-0.2, -0.15) is 5.26 Å². The highest BCUT2D eigenvalue weighted by molar-refractivity contribution is 7.99. The molecule has 12 rings (SSSR count). The Labute approximate surface area is 363 Å². The first kappa shape index (κ1) is 36.0. The van der Waals surface area contributed by atoms with Gasteiger partial charge < -0.3 is 0 Å². The molecule has 1 aromatic heterocycles. The smallest absolute Gasteiger partial charge is 0.164 e. The Balaban J connectivity index is 1.00. The van der Waals surface area contributed by atoms with Gasteiger partial charge in [0.05, 0.1) is 17.0 Å². The van der Waals surface area contributed by atoms with Gasteiger partial charge >= 0.3 is 0 Å². The van der Waals surface area contributed by atoms with Gasteiger partial charge in [0.2, 0.25) is 0 Å². The zero-order valence-electron chi connectivity index (χ0n) is 33.3. The van der Waals surface area contributed by atoms with E-state index in [2.05, 4.69) is 140 Å². The molecule has 0 saturated heterocycles. The molecule has 4 nitrogen and oxygen atoms in total. The van der Waals surface area contributed by atoms with Crippen LogP contribution in [0.1, 0.15) is 27.8 Å². The van der Waals surface area contributed by atoms with Crippen LogP contribution in [0.15, 0.2) is 216 Å². The van der Waals surface area contributed by atoms with Gasteiger partial charge in [0.15, 0.2) is 17.5 Å². The van der Waals surface area contributed by atoms with Crippen molar-refractivity contribution >= 4 is 22.5 Å². The van der Waals surface area contributed by atoms with Crippen LogP contribution in [0.4, 0.5) is 0 Å². The third-order valence-electron chi connectivity index (χ3n) is 12.4. The molecular formula is C57H34N4S. The van der Waals surface area contributed by atoms with Gasteiger partial charge in [-0.15, -0.1) is 0 Å². The lowest BCUT2D eigenvalue weighted by molar-refractivity contribution is 0.723. The van der Waals surface area contributed by atoms with E-state index in [1.165, 1.54) is 43.2 Å². The van der Waals surface area contributed by atoms with Crippen LogP contribution in [0.25, 0.3) is 78.3 Å². The number of aromatic nitrogens is 3. The summed E-state index contributed by atoms with van der Waals surface area (Å²) in [4.78, 5) is 17.4. The van der Waals surface area contributed by atoms with E-state index in [0.717, 1.165) is 49.7 Å². The van der Waals surface area contributed by atoms with E-state index >= 15 is 0 Å². The van der Waals surface area contributed by atoms with Gasteiger partial charge in [0, 0.05) is 26.5 Å². The Morgan fingerprint density at radius 3 is 1.34 bits per heavy atom. The van der Waals surface area contributed by atoms with Crippen molar-refractivity contribution in [2.45, 2.75) is 15.2 Å². The predicted octanol–water partition coefficient (Wildman–Crippen LogP) is 14.1. The van der Waals surface area contributed by atoms with Crippen LogP contribution in [0.2, 0.25) is 0 Å². The first-order valence-electron chi connectivity index (χ1n) is 20.7. The highest BCUT2D eigenvalue weighted by atomic mass is 32.2. The standard InChI is InChI=1S/C57H34N4S/c58-35-36-19-20-42-32-43(26-25-41(42)31-36)45-28-30-47-46-29-27-44(33-50(46)57(51(47)34-45)48-15-7-9-17-52(48)62-53-18-10-8-16-49(53)57)37-21-23-40(24-22-37)56-60-54(38-11-3-1-4-12-38)59-55(61-56)39-13-5-2-6-14-39/h1-34H. The molecule has 0 saturated carbocycles. The van der Waals surface area contributed by atoms with Crippen LogP contribution in [0, 0.1) is 11.3 Å². The Bertz CT molecular complexity index is 3340. The quantitative estimate of drug-likeness (QED) is 0.173. The van der Waals surface area contributed by atoms with Crippen molar-refractivity contribution in [2.75, 3.05) is 0 Å². The fourth-order valence-electron chi connectivity index (χ4n) is 9.50. The molecule has 10 aromatic rings. The van der Waals surface area contributed by atoms with E-state index in [9.17, 15) is 5.26 Å². The van der Waals surface area contributed by atoms with Gasteiger partial charge in [0.25, 0.3) is 0 Å². The highest BCUT2D eigenvalue weighted by Gasteiger charge is 2.50. The van der Waals surface area contributed by atoms with Crippen molar-refractivity contribution in [1.29, 1.82) is 5.26 Å². The van der Waals surface area contributed by atoms with Gasteiger partial charge in [0.1, 0.15) is 0 Å². The average Bonchev–Trinajstić information content (AvgIpc) is 3.63. The van der Waals surface area contributed by atoms with Crippen LogP contribution >= 0.6 is 11.8 Å². The molecule has 288 valence electrons. The molecule has 0 fully saturated rings. The lowest BCUT2D eigenvalue weighted by Crippen LogP contribution is -2.32. The van der Waals surface area contributed by atoms with E-state index in [4.69, 9.17) is 15.0 Å². The second kappa shape index (κ2) is 14.4. The molecule has 0 amide bonds. The average molecular weight is 807 g/mol. The van der Waals surface area contributed by atoms with E-state index in [1.54, 1.807) is 0 Å². The van der Waals surface area contributed by atoms with Crippen molar-refractivity contribution in [2.24, 2.45) is 0 Å². The third kappa shape index (κ3) is 5.73. The number of fused-ring (bicyclic) bond motifs is 10. The summed E-state index contributed by atoms with van der Waals surface area (Å²) in [6.07, 6.45) is 0. The zero-order valence-corrected chi connectivity index (χ0v) is 34.1. The van der Waals surface area contributed by atoms with Crippen LogP contribution in [-0.4, -0.2) is 15.0 Å². The van der Waals surface area contributed by atoms with Gasteiger partial charge in [-0.05, 0) is 109 Å². The van der Waals surface area contributed by atoms with Gasteiger partial charge in [-0.1, -0.05) is 176 Å². The zero-order chi connectivity index (χ0) is 41.2. The van der Waals surface area contributed by atoms with Crippen LogP contribution in [0.5, 0.6) is 0 Å². The summed E-state index contributed by atoms with van der Waals surface area (Å²) in [6, 6.07) is 75.5. The van der Waals surface area contributed by atoms with E-state index in [-0.39, 0.29) is 0 Å². The summed E-state index contributed by atoms with van der Waals surface area (Å²) < 4.78 is 0. The molecule has 62 heavy (non-hydrogen) atoms. The summed E-state index contributed by atoms with van der Waals surface area (Å²) in [5, 5.41) is 11.7. The molecule has 1 aliphatic heterocycles. The fourth-order valence-corrected chi connectivity index (χ4v) is 10.7. The Morgan fingerprint density at radius 1 is 0.355 bits per heavy atom. The van der Waals surface area contributed by atoms with Crippen molar-refractivity contribution in [3.05, 3.63) is 234 Å². The normalized spacial score (nSPS) is 12.9. The molecule has 0 bridgehead atoms. The minimum Gasteiger partial charge on any atom is -0.208 e. The number of rotatable bonds is 5. The third-order valence-corrected chi connectivity index (χ3v) is 13.6. The fraction of sp³-hybridized carbons (Fsp3) is 0.0175. The van der Waals surface area contributed by atoms with Crippen molar-refractivity contribution in [3.8, 4) is 73.6 Å². The predicted molar refractivity (Wildman–Crippen MR) is 251 cm³/mol. The number of nitrogens with zero attached hydrogens (tertiary/aromatic N) is 4. The van der Waals surface area contributed by atoms with Crippen molar-refractivity contribution < 1.29 is 0 Å². The topological polar surface area (TPSA) is 62.5 Å². The first-order valence-corrected chi connectivity index (χ1v) is 21.5. The molecule has 2 aliphatic rings. The summed E-state index contributed by atoms with van der Waals surface area (Å²) in [7, 11) is 0. The summed E-state index contributed by atoms with van der Waals surface area (Å²) in [5.74, 6) is 1.92. The van der Waals surface area contributed by atoms with Crippen molar-refractivity contribution in [1.82, 2.24) is 15.0 Å². The maximum Gasteiger partial charge on any atom is 0.164 e. The Kier molecular flexibility index (Phi) is 8.35. The Hall–Kier alpha value is -7.91. The lowest BCUT2D eigenvalue weighted by Gasteiger charge is -2.40. The minimum atomic E-state index is -0.542. The second-order valence-electron chi connectivity index (χ2n) is 15.9. The van der Waals surface area contributed by atoms with E-state index in [0.29, 0.717) is 23.0 Å². The number of benzene rings is 9. The number of hydrogen-bond acceptors (Lipinski definition) is 5. The van der Waals surface area contributed by atoms with Gasteiger partial charge in [-0.3, -0.25) is 0 Å². The minimum absolute atomic E-state index is 0.542. The van der Waals surface area contributed by atoms with E-state index in [1.807, 2.05) is 84.6 Å². The highest BCUT2D eigenvalue weighted by Crippen LogP contribution is 2.63. The monoisotopic (exact) mass is 806 g/mol. The van der Waals surface area contributed by atoms with Crippen LogP contribution in [-0.2, 0) is 5.41 Å². The molecule has 5 heteroatoms. The summed E-state index contributed by atoms with van der Waals surface area (Å²) in [5.41, 5.74) is 15.2. The molecule has 1 spiro atoms. The maximum absolute atomic E-state index is 9.51. The molecule has 2 heterocycles. The van der Waals surface area contributed by atoms with Crippen molar-refractivity contribution in [3.63, 3.8) is 0 Å². The summed E-state index contributed by atoms with van der Waals surface area (Å²) >= 11 is 1.86. The molecule has 0 unspecified atom stereocenters. The van der Waals surface area contributed by atoms with E-state index < -0.39 is 5.41 Å². The molecule has 0 N–H and O–H groups in total.